The van der Waals surface area contributed by atoms with Gasteiger partial charge < -0.3 is 9.47 Å². The lowest BCUT2D eigenvalue weighted by molar-refractivity contribution is -0.136. The summed E-state index contributed by atoms with van der Waals surface area (Å²) in [6.07, 6.45) is 5.48. The Balaban J connectivity index is -0.000000162. The molecule has 0 amide bonds. The van der Waals surface area contributed by atoms with Crippen molar-refractivity contribution in [3.05, 3.63) is 51.0 Å². The van der Waals surface area contributed by atoms with Gasteiger partial charge in [0.15, 0.2) is 0 Å². The monoisotopic (exact) mass is 226 g/mol. The van der Waals surface area contributed by atoms with Crippen molar-refractivity contribution in [2.45, 2.75) is 13.8 Å². The lowest BCUT2D eigenvalue weighted by atomic mass is 10.6. The first-order valence-electron chi connectivity index (χ1n) is 4.25. The minimum absolute atomic E-state index is 0.329. The van der Waals surface area contributed by atoms with Gasteiger partial charge in [-0.2, -0.15) is 0 Å². The maximum Gasteiger partial charge on any atom is 0.307 e. The summed E-state index contributed by atoms with van der Waals surface area (Å²) in [7, 11) is 0. The molecule has 0 bridgehead atoms. The summed E-state index contributed by atoms with van der Waals surface area (Å²) < 4.78 is 8.33. The van der Waals surface area contributed by atoms with E-state index in [9.17, 15) is 9.59 Å². The fraction of sp³-hybridized carbons (Fsp3) is 0.167. The van der Waals surface area contributed by atoms with Gasteiger partial charge in [-0.05, 0) is 0 Å². The Hall–Kier alpha value is -2.10. The molecule has 0 saturated carbocycles. The first kappa shape index (κ1) is 19.5. The van der Waals surface area contributed by atoms with Gasteiger partial charge in [0.2, 0.25) is 0 Å². The molecule has 0 fully saturated rings. The summed E-state index contributed by atoms with van der Waals surface area (Å²) in [5.74, 6) is -0.657. The largest absolute Gasteiger partial charge is 0.435 e. The molecule has 0 aromatic rings. The van der Waals surface area contributed by atoms with Crippen molar-refractivity contribution in [2.24, 2.45) is 0 Å². The Morgan fingerprint density at radius 1 is 0.812 bits per heavy atom. The molecular formula is C12H18O4. The third kappa shape index (κ3) is 58.9. The summed E-state index contributed by atoms with van der Waals surface area (Å²) in [5, 5.41) is 0. The molecule has 0 N–H and O–H groups in total. The third-order valence-corrected chi connectivity index (χ3v) is 0.665. The normalized spacial score (nSPS) is 6.38. The number of carbonyl (C=O) groups excluding carboxylic acids is 2. The maximum absolute atomic E-state index is 9.75. The smallest absolute Gasteiger partial charge is 0.307 e. The third-order valence-electron chi connectivity index (χ3n) is 0.665. The topological polar surface area (TPSA) is 52.6 Å². The number of ether oxygens (including phenoxy) is 2. The van der Waals surface area contributed by atoms with Crippen molar-refractivity contribution in [3.63, 3.8) is 0 Å². The van der Waals surface area contributed by atoms with Crippen LogP contribution in [-0.2, 0) is 19.1 Å². The molecule has 0 spiro atoms. The van der Waals surface area contributed by atoms with Crippen molar-refractivity contribution in [3.8, 4) is 0 Å². The van der Waals surface area contributed by atoms with E-state index < -0.39 is 0 Å². The number of hydrogen-bond acceptors (Lipinski definition) is 4. The fourth-order valence-electron chi connectivity index (χ4n) is 0.235. The number of hydrogen-bond donors (Lipinski definition) is 0. The van der Waals surface area contributed by atoms with Gasteiger partial charge in [0.25, 0.3) is 0 Å². The highest BCUT2D eigenvalue weighted by molar-refractivity contribution is 5.66. The molecule has 0 aliphatic heterocycles. The Kier molecular flexibility index (Phi) is 22.7. The van der Waals surface area contributed by atoms with E-state index in [1.54, 1.807) is 12.2 Å². The number of allylic oxidation sites excluding steroid dienone is 2. The first-order valence-corrected chi connectivity index (χ1v) is 4.25. The van der Waals surface area contributed by atoms with E-state index in [1.807, 2.05) is 0 Å². The maximum atomic E-state index is 9.75. The van der Waals surface area contributed by atoms with Crippen molar-refractivity contribution in [1.29, 1.82) is 0 Å². The second-order valence-corrected chi connectivity index (χ2v) is 2.02. The highest BCUT2D eigenvalue weighted by Crippen LogP contribution is 1.70. The molecule has 0 rings (SSSR count). The summed E-state index contributed by atoms with van der Waals surface area (Å²) in [6, 6.07) is 0. The summed E-state index contributed by atoms with van der Waals surface area (Å²) >= 11 is 0. The predicted molar refractivity (Wildman–Crippen MR) is 64.3 cm³/mol. The van der Waals surface area contributed by atoms with Crippen LogP contribution >= 0.6 is 0 Å². The van der Waals surface area contributed by atoms with E-state index in [4.69, 9.17) is 0 Å². The van der Waals surface area contributed by atoms with Gasteiger partial charge in [0.05, 0.1) is 12.5 Å². The zero-order valence-corrected chi connectivity index (χ0v) is 9.77. The molecule has 0 radical (unpaired) electrons. The molecule has 4 heteroatoms. The Labute approximate surface area is 96.6 Å². The second kappa shape index (κ2) is 18.6. The van der Waals surface area contributed by atoms with Crippen LogP contribution in [0, 0.1) is 0 Å². The van der Waals surface area contributed by atoms with E-state index in [0.29, 0.717) is 0 Å². The van der Waals surface area contributed by atoms with E-state index >= 15 is 0 Å². The van der Waals surface area contributed by atoms with E-state index in [1.165, 1.54) is 13.8 Å². The lowest BCUT2D eigenvalue weighted by Crippen LogP contribution is -1.87. The minimum atomic E-state index is -0.329. The molecule has 0 aliphatic carbocycles. The van der Waals surface area contributed by atoms with Crippen LogP contribution in [0.5, 0.6) is 0 Å². The molecule has 0 aliphatic rings. The van der Waals surface area contributed by atoms with E-state index in [0.717, 1.165) is 12.5 Å². The van der Waals surface area contributed by atoms with Crippen molar-refractivity contribution < 1.29 is 19.1 Å². The highest BCUT2D eigenvalue weighted by Gasteiger charge is 1.79. The van der Waals surface area contributed by atoms with Crippen LogP contribution in [0.25, 0.3) is 0 Å². The number of carbonyl (C=O) groups is 2. The Morgan fingerprint density at radius 2 is 1.06 bits per heavy atom. The van der Waals surface area contributed by atoms with Gasteiger partial charge in [0.1, 0.15) is 0 Å². The van der Waals surface area contributed by atoms with Gasteiger partial charge in [-0.25, -0.2) is 0 Å². The van der Waals surface area contributed by atoms with E-state index in [-0.39, 0.29) is 11.9 Å². The summed E-state index contributed by atoms with van der Waals surface area (Å²) in [5.41, 5.74) is 0. The quantitative estimate of drug-likeness (QED) is 0.422. The van der Waals surface area contributed by atoms with E-state index in [2.05, 4.69) is 35.8 Å². The first-order chi connectivity index (χ1) is 7.45. The van der Waals surface area contributed by atoms with Gasteiger partial charge in [0, 0.05) is 13.8 Å². The molecule has 4 nitrogen and oxygen atoms in total. The molecule has 0 atom stereocenters. The van der Waals surface area contributed by atoms with Gasteiger partial charge >= 0.3 is 11.9 Å². The Morgan fingerprint density at radius 3 is 1.06 bits per heavy atom. The molecule has 0 aromatic heterocycles. The summed E-state index contributed by atoms with van der Waals surface area (Å²) in [6.45, 7) is 15.7. The van der Waals surface area contributed by atoms with Crippen LogP contribution in [0.2, 0.25) is 0 Å². The molecule has 16 heavy (non-hydrogen) atoms. The van der Waals surface area contributed by atoms with Crippen LogP contribution in [0.1, 0.15) is 13.8 Å². The van der Waals surface area contributed by atoms with Gasteiger partial charge in [-0.15, -0.1) is 0 Å². The van der Waals surface area contributed by atoms with Gasteiger partial charge in [-0.1, -0.05) is 38.5 Å². The number of esters is 2. The highest BCUT2D eigenvalue weighted by atomic mass is 16.5. The fourth-order valence-corrected chi connectivity index (χ4v) is 0.235. The average Bonchev–Trinajstić information content (AvgIpc) is 2.18. The Bertz CT molecular complexity index is 215. The molecule has 90 valence electrons. The van der Waals surface area contributed by atoms with Crippen LogP contribution in [0.3, 0.4) is 0 Å². The van der Waals surface area contributed by atoms with Gasteiger partial charge in [-0.3, -0.25) is 9.59 Å². The molecular weight excluding hydrogens is 208 g/mol. The standard InChI is InChI=1S/2C4H6O2.C4H6/c2*1-3-6-4(2)5;1-3-4-2/h2*3H,1H2,2H3;3-4H,1-2H2. The summed E-state index contributed by atoms with van der Waals surface area (Å²) in [4.78, 5) is 19.5. The molecule has 0 aromatic carbocycles. The second-order valence-electron chi connectivity index (χ2n) is 2.02. The number of rotatable bonds is 3. The average molecular weight is 226 g/mol. The lowest BCUT2D eigenvalue weighted by Gasteiger charge is -1.83. The van der Waals surface area contributed by atoms with Crippen LogP contribution in [-0.4, -0.2) is 11.9 Å². The van der Waals surface area contributed by atoms with Crippen molar-refractivity contribution in [2.75, 3.05) is 0 Å². The van der Waals surface area contributed by atoms with Crippen LogP contribution in [0.4, 0.5) is 0 Å². The van der Waals surface area contributed by atoms with Crippen LogP contribution < -0.4 is 0 Å². The van der Waals surface area contributed by atoms with Crippen molar-refractivity contribution >= 4 is 11.9 Å². The predicted octanol–water partition coefficient (Wildman–Crippen LogP) is 2.74. The zero-order valence-electron chi connectivity index (χ0n) is 9.77. The SMILES string of the molecule is C=CC=C.C=COC(C)=O.C=COC(C)=O. The molecule has 0 heterocycles. The molecule has 0 saturated heterocycles. The minimum Gasteiger partial charge on any atom is -0.435 e. The zero-order chi connectivity index (χ0) is 13.4. The van der Waals surface area contributed by atoms with Crippen molar-refractivity contribution in [1.82, 2.24) is 0 Å². The van der Waals surface area contributed by atoms with Crippen LogP contribution in [0.15, 0.2) is 51.0 Å². The molecule has 0 unspecified atom stereocenters.